The molecule has 0 aliphatic carbocycles. The summed E-state index contributed by atoms with van der Waals surface area (Å²) in [5, 5.41) is 1.74. The average molecular weight is 480 g/mol. The number of carbonyl (C=O) groups is 2. The maximum atomic E-state index is 12.4. The Hall–Kier alpha value is -1.64. The van der Waals surface area contributed by atoms with E-state index in [1.54, 1.807) is 6.92 Å². The van der Waals surface area contributed by atoms with Crippen molar-refractivity contribution in [3.05, 3.63) is 80.7 Å². The van der Waals surface area contributed by atoms with E-state index in [0.29, 0.717) is 0 Å². The van der Waals surface area contributed by atoms with E-state index in [4.69, 9.17) is 4.74 Å². The van der Waals surface area contributed by atoms with Crippen molar-refractivity contribution in [2.75, 3.05) is 6.61 Å². The molecule has 0 fully saturated rings. The van der Waals surface area contributed by atoms with Gasteiger partial charge in [-0.2, -0.15) is 0 Å². The van der Waals surface area contributed by atoms with Crippen molar-refractivity contribution in [3.63, 3.8) is 0 Å². The number of rotatable bonds is 9. The van der Waals surface area contributed by atoms with Gasteiger partial charge in [0.25, 0.3) is 0 Å². The van der Waals surface area contributed by atoms with Crippen molar-refractivity contribution in [2.24, 2.45) is 0 Å². The first kappa shape index (κ1) is 20.7. The van der Waals surface area contributed by atoms with Gasteiger partial charge >= 0.3 is 168 Å². The van der Waals surface area contributed by atoms with Crippen LogP contribution in [0.5, 0.6) is 0 Å². The molecule has 0 aromatic heterocycles. The predicted molar refractivity (Wildman–Crippen MR) is 106 cm³/mol. The van der Waals surface area contributed by atoms with Crippen LogP contribution < -0.4 is 0 Å². The fourth-order valence-corrected chi connectivity index (χ4v) is 8.19. The molecule has 0 heterocycles. The second-order valence-electron chi connectivity index (χ2n) is 5.49. The first-order valence-electron chi connectivity index (χ1n) is 8.37. The Labute approximate surface area is 167 Å². The van der Waals surface area contributed by atoms with Crippen LogP contribution in [-0.4, -0.2) is 48.3 Å². The molecule has 2 rings (SSSR count). The topological polar surface area (TPSA) is 43.4 Å². The Morgan fingerprint density at radius 2 is 1.31 bits per heavy atom. The maximum absolute atomic E-state index is 12.4. The molecule has 0 saturated heterocycles. The number of carbonyl (C=O) groups excluding carboxylic acids is 2. The molecular formula is C21H22O3Se2. The Bertz CT molecular complexity index is 710. The molecule has 0 N–H and O–H groups in total. The fraction of sp³-hybridized carbons (Fsp3) is 0.238. The predicted octanol–water partition coefficient (Wildman–Crippen LogP) is 3.16. The molecule has 0 atom stereocenters. The molecule has 0 spiro atoms. The normalized spacial score (nSPS) is 10.2. The van der Waals surface area contributed by atoms with Crippen molar-refractivity contribution in [1.82, 2.24) is 0 Å². The molecule has 0 aliphatic heterocycles. The molecule has 0 saturated carbocycles. The summed E-state index contributed by atoms with van der Waals surface area (Å²) in [6.07, 6.45) is 0. The van der Waals surface area contributed by atoms with Crippen LogP contribution in [0.1, 0.15) is 25.0 Å². The van der Waals surface area contributed by atoms with E-state index >= 15 is 0 Å². The zero-order valence-corrected chi connectivity index (χ0v) is 18.4. The second kappa shape index (κ2) is 11.2. The van der Waals surface area contributed by atoms with Crippen LogP contribution in [0.15, 0.2) is 69.6 Å². The van der Waals surface area contributed by atoms with Crippen molar-refractivity contribution < 1.29 is 14.3 Å². The van der Waals surface area contributed by atoms with E-state index in [2.05, 4.69) is 24.3 Å². The first-order chi connectivity index (χ1) is 12.6. The Kier molecular flexibility index (Phi) is 8.87. The van der Waals surface area contributed by atoms with Crippen molar-refractivity contribution in [3.8, 4) is 0 Å². The summed E-state index contributed by atoms with van der Waals surface area (Å²) in [4.78, 5) is 24.6. The molecule has 0 amide bonds. The van der Waals surface area contributed by atoms with Crippen LogP contribution in [0.3, 0.4) is 0 Å². The quantitative estimate of drug-likeness (QED) is 0.182. The number of esters is 1. The van der Waals surface area contributed by atoms with Crippen molar-refractivity contribution >= 4 is 41.7 Å². The molecule has 136 valence electrons. The van der Waals surface area contributed by atoms with Gasteiger partial charge in [-0.15, -0.1) is 0 Å². The van der Waals surface area contributed by atoms with Crippen molar-refractivity contribution in [2.45, 2.75) is 24.5 Å². The van der Waals surface area contributed by atoms with Gasteiger partial charge in [-0.25, -0.2) is 0 Å². The minimum absolute atomic E-state index is 0.0455. The summed E-state index contributed by atoms with van der Waals surface area (Å²) in [6.45, 7) is 3.50. The molecule has 0 aliphatic rings. The van der Waals surface area contributed by atoms with Gasteiger partial charge in [0.05, 0.1) is 0 Å². The zero-order valence-electron chi connectivity index (χ0n) is 14.9. The van der Waals surface area contributed by atoms with E-state index in [1.165, 1.54) is 18.1 Å². The van der Waals surface area contributed by atoms with E-state index in [9.17, 15) is 9.59 Å². The molecule has 26 heavy (non-hydrogen) atoms. The van der Waals surface area contributed by atoms with Crippen LogP contribution in [0.2, 0.25) is 0 Å². The van der Waals surface area contributed by atoms with Gasteiger partial charge in [-0.1, -0.05) is 0 Å². The molecule has 0 bridgehead atoms. The zero-order chi connectivity index (χ0) is 18.8. The number of hydrogen-bond acceptors (Lipinski definition) is 3. The summed E-state index contributed by atoms with van der Waals surface area (Å²) >= 11 is 0.0911. The number of hydrogen-bond donors (Lipinski definition) is 0. The Balaban J connectivity index is 2.24. The van der Waals surface area contributed by atoms with E-state index < -0.39 is 5.97 Å². The number of ketones is 1. The molecule has 0 unspecified atom stereocenters. The third-order valence-electron chi connectivity index (χ3n) is 3.46. The molecule has 2 aromatic carbocycles. The number of benzene rings is 2. The van der Waals surface area contributed by atoms with Gasteiger partial charge in [-0.3, -0.25) is 0 Å². The minimum atomic E-state index is -0.472. The van der Waals surface area contributed by atoms with Gasteiger partial charge in [0.1, 0.15) is 0 Å². The van der Waals surface area contributed by atoms with Crippen molar-refractivity contribution in [1.29, 1.82) is 0 Å². The van der Waals surface area contributed by atoms with Gasteiger partial charge in [0.2, 0.25) is 0 Å². The number of Topliss-reactive ketones (excluding diaryl/α,β-unsaturated/α-hetero) is 1. The molecular weight excluding hydrogens is 458 g/mol. The van der Waals surface area contributed by atoms with Crippen LogP contribution in [-0.2, 0) is 25.0 Å². The summed E-state index contributed by atoms with van der Waals surface area (Å²) < 4.78 is 6.16. The summed E-state index contributed by atoms with van der Waals surface area (Å²) in [6, 6.07) is 20.4. The Morgan fingerprint density at radius 1 is 0.846 bits per heavy atom. The molecule has 5 heteroatoms. The van der Waals surface area contributed by atoms with E-state index in [1.807, 2.05) is 36.4 Å². The van der Waals surface area contributed by atoms with Gasteiger partial charge in [-0.05, 0) is 0 Å². The standard InChI is InChI=1S/C21H22O3Se2/c1-3-24-20(23)19(16(2)22)21(25-14-17-10-6-4-7-11-17)26-15-18-12-8-5-9-13-18/h4-13H,3,14-15H2,1-2H3. The van der Waals surface area contributed by atoms with Crippen LogP contribution in [0, 0.1) is 0 Å². The second-order valence-corrected chi connectivity index (χ2v) is 10.9. The Morgan fingerprint density at radius 3 is 1.69 bits per heavy atom. The molecule has 0 radical (unpaired) electrons. The van der Waals surface area contributed by atoms with Crippen LogP contribution >= 0.6 is 0 Å². The monoisotopic (exact) mass is 482 g/mol. The van der Waals surface area contributed by atoms with Gasteiger partial charge in [0, 0.05) is 0 Å². The molecule has 2 aromatic rings. The third kappa shape index (κ3) is 6.58. The van der Waals surface area contributed by atoms with Gasteiger partial charge in [0.15, 0.2) is 0 Å². The fourth-order valence-electron chi connectivity index (χ4n) is 2.21. The van der Waals surface area contributed by atoms with E-state index in [-0.39, 0.29) is 47.9 Å². The molecule has 3 nitrogen and oxygen atoms in total. The summed E-state index contributed by atoms with van der Waals surface area (Å²) in [5.41, 5.74) is 2.73. The first-order valence-corrected chi connectivity index (χ1v) is 12.5. The number of ether oxygens (including phenoxy) is 1. The van der Waals surface area contributed by atoms with Crippen LogP contribution in [0.4, 0.5) is 0 Å². The van der Waals surface area contributed by atoms with Gasteiger partial charge < -0.3 is 0 Å². The summed E-state index contributed by atoms with van der Waals surface area (Å²) in [5.74, 6) is -0.664. The average Bonchev–Trinajstić information content (AvgIpc) is 2.65. The third-order valence-corrected chi connectivity index (χ3v) is 9.99. The van der Waals surface area contributed by atoms with Crippen LogP contribution in [0.25, 0.3) is 0 Å². The SMILES string of the molecule is CCOC(=O)C(C(C)=O)=C([Se]Cc1ccccc1)[Se]Cc1ccccc1. The van der Waals surface area contributed by atoms with E-state index in [0.717, 1.165) is 14.0 Å². The summed E-state index contributed by atoms with van der Waals surface area (Å²) in [7, 11) is 0.